The van der Waals surface area contributed by atoms with Gasteiger partial charge in [-0.25, -0.2) is 0 Å². The van der Waals surface area contributed by atoms with Crippen LogP contribution in [0.5, 0.6) is 5.75 Å². The third-order valence-electron chi connectivity index (χ3n) is 3.82. The summed E-state index contributed by atoms with van der Waals surface area (Å²) in [7, 11) is 1.67. The Hall–Kier alpha value is -1.51. The predicted octanol–water partition coefficient (Wildman–Crippen LogP) is 3.67. The maximum absolute atomic E-state index is 11.5. The van der Waals surface area contributed by atoms with E-state index in [0.717, 1.165) is 25.0 Å². The van der Waals surface area contributed by atoms with Crippen LogP contribution in [0.3, 0.4) is 0 Å². The first-order valence-corrected chi connectivity index (χ1v) is 7.08. The van der Waals surface area contributed by atoms with E-state index in [4.69, 9.17) is 9.47 Å². The molecule has 1 fully saturated rings. The highest BCUT2D eigenvalue weighted by Crippen LogP contribution is 2.35. The number of carbonyl (C=O) groups is 1. The lowest BCUT2D eigenvalue weighted by atomic mass is 9.81. The van der Waals surface area contributed by atoms with Crippen molar-refractivity contribution in [1.82, 2.24) is 0 Å². The second-order valence-electron chi connectivity index (χ2n) is 5.05. The van der Waals surface area contributed by atoms with Crippen molar-refractivity contribution >= 4 is 5.97 Å². The summed E-state index contributed by atoms with van der Waals surface area (Å²) in [4.78, 5) is 11.5. The van der Waals surface area contributed by atoms with E-state index in [0.29, 0.717) is 12.3 Å². The molecule has 0 heterocycles. The predicted molar refractivity (Wildman–Crippen MR) is 74.4 cm³/mol. The number of methoxy groups -OCH3 is 1. The molecule has 3 heteroatoms. The minimum atomic E-state index is -0.0922. The first-order valence-electron chi connectivity index (χ1n) is 7.08. The normalized spacial score (nSPS) is 22.8. The van der Waals surface area contributed by atoms with Crippen LogP contribution in [0.25, 0.3) is 0 Å². The van der Waals surface area contributed by atoms with Gasteiger partial charge in [-0.15, -0.1) is 0 Å². The van der Waals surface area contributed by atoms with Gasteiger partial charge in [0.2, 0.25) is 0 Å². The Bertz CT molecular complexity index is 411. The Morgan fingerprint density at radius 3 is 2.53 bits per heavy atom. The molecule has 0 aliphatic heterocycles. The van der Waals surface area contributed by atoms with Crippen LogP contribution in [0, 0.1) is 0 Å². The number of hydrogen-bond donors (Lipinski definition) is 0. The summed E-state index contributed by atoms with van der Waals surface area (Å²) in [5, 5.41) is 0. The third kappa shape index (κ3) is 3.49. The zero-order valence-corrected chi connectivity index (χ0v) is 11.7. The van der Waals surface area contributed by atoms with Crippen molar-refractivity contribution in [3.05, 3.63) is 29.8 Å². The lowest BCUT2D eigenvalue weighted by Crippen LogP contribution is -2.28. The summed E-state index contributed by atoms with van der Waals surface area (Å²) < 4.78 is 10.8. The average molecular weight is 262 g/mol. The minimum absolute atomic E-state index is 0.0367. The van der Waals surface area contributed by atoms with Gasteiger partial charge in [0.05, 0.1) is 7.11 Å². The van der Waals surface area contributed by atoms with E-state index < -0.39 is 0 Å². The van der Waals surface area contributed by atoms with E-state index >= 15 is 0 Å². The van der Waals surface area contributed by atoms with Crippen LogP contribution in [0.2, 0.25) is 0 Å². The van der Waals surface area contributed by atoms with Crippen LogP contribution in [-0.4, -0.2) is 19.2 Å². The van der Waals surface area contributed by atoms with E-state index in [9.17, 15) is 4.79 Å². The number of hydrogen-bond acceptors (Lipinski definition) is 3. The maximum Gasteiger partial charge on any atom is 0.305 e. The molecule has 0 saturated heterocycles. The van der Waals surface area contributed by atoms with Crippen molar-refractivity contribution in [1.29, 1.82) is 0 Å². The largest absolute Gasteiger partial charge is 0.497 e. The standard InChI is InChI=1S/C16H22O3/c1-3-16(17)19-15-7-5-4-6-14(15)12-8-10-13(18-2)11-9-12/h8-11,14-15H,3-7H2,1-2H3/t14-,15+/m0/s1. The lowest BCUT2D eigenvalue weighted by molar-refractivity contribution is -0.151. The first kappa shape index (κ1) is 13.9. The molecule has 0 amide bonds. The van der Waals surface area contributed by atoms with Gasteiger partial charge in [-0.2, -0.15) is 0 Å². The molecular weight excluding hydrogens is 240 g/mol. The number of ether oxygens (including phenoxy) is 2. The zero-order valence-electron chi connectivity index (χ0n) is 11.7. The van der Waals surface area contributed by atoms with E-state index in [-0.39, 0.29) is 12.1 Å². The number of rotatable bonds is 4. The molecule has 19 heavy (non-hydrogen) atoms. The molecule has 104 valence electrons. The van der Waals surface area contributed by atoms with Gasteiger partial charge in [0, 0.05) is 12.3 Å². The fourth-order valence-corrected chi connectivity index (χ4v) is 2.72. The van der Waals surface area contributed by atoms with Crippen LogP contribution in [-0.2, 0) is 9.53 Å². The Balaban J connectivity index is 2.11. The summed E-state index contributed by atoms with van der Waals surface area (Å²) in [6.07, 6.45) is 4.91. The van der Waals surface area contributed by atoms with Gasteiger partial charge in [0.15, 0.2) is 0 Å². The van der Waals surface area contributed by atoms with Crippen molar-refractivity contribution in [3.8, 4) is 5.75 Å². The summed E-state index contributed by atoms with van der Waals surface area (Å²) in [6, 6.07) is 8.12. The van der Waals surface area contributed by atoms with Gasteiger partial charge in [-0.1, -0.05) is 25.5 Å². The minimum Gasteiger partial charge on any atom is -0.497 e. The summed E-state index contributed by atoms with van der Waals surface area (Å²) in [6.45, 7) is 1.84. The molecule has 0 aromatic heterocycles. The highest BCUT2D eigenvalue weighted by Gasteiger charge is 2.29. The SMILES string of the molecule is CCC(=O)O[C@@H]1CCCC[C@H]1c1ccc(OC)cc1. The molecule has 3 nitrogen and oxygen atoms in total. The summed E-state index contributed by atoms with van der Waals surface area (Å²) in [5.74, 6) is 1.10. The van der Waals surface area contributed by atoms with Crippen LogP contribution >= 0.6 is 0 Å². The van der Waals surface area contributed by atoms with Crippen molar-refractivity contribution in [3.63, 3.8) is 0 Å². The van der Waals surface area contributed by atoms with E-state index in [1.807, 2.05) is 19.1 Å². The van der Waals surface area contributed by atoms with E-state index in [1.54, 1.807) is 7.11 Å². The monoisotopic (exact) mass is 262 g/mol. The van der Waals surface area contributed by atoms with Crippen LogP contribution in [0.15, 0.2) is 24.3 Å². The quantitative estimate of drug-likeness (QED) is 0.777. The maximum atomic E-state index is 11.5. The second kappa shape index (κ2) is 6.60. The zero-order chi connectivity index (χ0) is 13.7. The number of carbonyl (C=O) groups excluding carboxylic acids is 1. The van der Waals surface area contributed by atoms with Crippen molar-refractivity contribution in [2.75, 3.05) is 7.11 Å². The molecule has 0 N–H and O–H groups in total. The molecule has 2 rings (SSSR count). The van der Waals surface area contributed by atoms with E-state index in [1.165, 1.54) is 12.0 Å². The number of esters is 1. The van der Waals surface area contributed by atoms with Crippen LogP contribution in [0.1, 0.15) is 50.5 Å². The van der Waals surface area contributed by atoms with Crippen LogP contribution < -0.4 is 4.74 Å². The van der Waals surface area contributed by atoms with Gasteiger partial charge in [0.1, 0.15) is 11.9 Å². The molecule has 0 spiro atoms. The number of benzene rings is 1. The summed E-state index contributed by atoms with van der Waals surface area (Å²) >= 11 is 0. The fourth-order valence-electron chi connectivity index (χ4n) is 2.72. The molecule has 1 aromatic carbocycles. The van der Waals surface area contributed by atoms with Gasteiger partial charge in [-0.05, 0) is 37.0 Å². The Labute approximate surface area is 114 Å². The van der Waals surface area contributed by atoms with Gasteiger partial charge in [0.25, 0.3) is 0 Å². The molecule has 1 aliphatic carbocycles. The molecule has 1 saturated carbocycles. The molecule has 0 bridgehead atoms. The van der Waals surface area contributed by atoms with Crippen molar-refractivity contribution in [2.24, 2.45) is 0 Å². The Kier molecular flexibility index (Phi) is 4.83. The van der Waals surface area contributed by atoms with Gasteiger partial charge < -0.3 is 9.47 Å². The molecular formula is C16H22O3. The topological polar surface area (TPSA) is 35.5 Å². The van der Waals surface area contributed by atoms with Gasteiger partial charge in [-0.3, -0.25) is 4.79 Å². The molecule has 0 radical (unpaired) electrons. The van der Waals surface area contributed by atoms with Crippen LogP contribution in [0.4, 0.5) is 0 Å². The average Bonchev–Trinajstić information content (AvgIpc) is 2.48. The first-order chi connectivity index (χ1) is 9.24. The molecule has 1 aromatic rings. The second-order valence-corrected chi connectivity index (χ2v) is 5.05. The highest BCUT2D eigenvalue weighted by atomic mass is 16.5. The highest BCUT2D eigenvalue weighted by molar-refractivity contribution is 5.69. The molecule has 1 aliphatic rings. The Morgan fingerprint density at radius 1 is 1.21 bits per heavy atom. The van der Waals surface area contributed by atoms with Crippen molar-refractivity contribution < 1.29 is 14.3 Å². The Morgan fingerprint density at radius 2 is 1.89 bits per heavy atom. The third-order valence-corrected chi connectivity index (χ3v) is 3.82. The van der Waals surface area contributed by atoms with E-state index in [2.05, 4.69) is 12.1 Å². The van der Waals surface area contributed by atoms with Gasteiger partial charge >= 0.3 is 5.97 Å². The molecule has 0 unspecified atom stereocenters. The summed E-state index contributed by atoms with van der Waals surface area (Å²) in [5.41, 5.74) is 1.24. The fraction of sp³-hybridized carbons (Fsp3) is 0.562. The molecule has 2 atom stereocenters. The lowest BCUT2D eigenvalue weighted by Gasteiger charge is -2.31. The van der Waals surface area contributed by atoms with Crippen molar-refractivity contribution in [2.45, 2.75) is 51.0 Å². The smallest absolute Gasteiger partial charge is 0.305 e.